The number of fused-ring (bicyclic) bond motifs is 1. The molecule has 1 unspecified atom stereocenters. The van der Waals surface area contributed by atoms with Crippen molar-refractivity contribution in [3.8, 4) is 17.0 Å². The Morgan fingerprint density at radius 3 is 2.59 bits per heavy atom. The van der Waals surface area contributed by atoms with Crippen LogP contribution >= 0.6 is 27.3 Å². The zero-order chi connectivity index (χ0) is 31.4. The van der Waals surface area contributed by atoms with Crippen LogP contribution in [0.1, 0.15) is 50.7 Å². The quantitative estimate of drug-likeness (QED) is 0.140. The van der Waals surface area contributed by atoms with Crippen LogP contribution in [0.25, 0.3) is 22.2 Å². The molecule has 5 rings (SSSR count). The Bertz CT molecular complexity index is 1880. The highest BCUT2D eigenvalue weighted by atomic mass is 79.9. The molecule has 44 heavy (non-hydrogen) atoms. The molecule has 230 valence electrons. The van der Waals surface area contributed by atoms with E-state index in [4.69, 9.17) is 9.72 Å². The van der Waals surface area contributed by atoms with E-state index < -0.39 is 15.3 Å². The summed E-state index contributed by atoms with van der Waals surface area (Å²) in [5.74, 6) is 0.951. The van der Waals surface area contributed by atoms with Crippen molar-refractivity contribution in [3.05, 3.63) is 93.2 Å². The molecule has 12 heteroatoms. The Morgan fingerprint density at radius 1 is 1.07 bits per heavy atom. The zero-order valence-corrected chi connectivity index (χ0v) is 28.0. The largest absolute Gasteiger partial charge is 0.488 e. The third-order valence-electron chi connectivity index (χ3n) is 7.18. The minimum Gasteiger partial charge on any atom is -0.488 e. The number of hydrogen-bond donors (Lipinski definition) is 1. The smallest absolute Gasteiger partial charge is 0.217 e. The molecule has 1 atom stereocenters. The third kappa shape index (κ3) is 6.93. The number of thiazole rings is 1. The standard InChI is InChI=1S/C32H33BrFN5O3S2/c1-5-29(39(6-2)44(40,41)20(3)4)32-38-28(18-43-32)22-10-12-27-25(15-22)31(36-19-35-27)37-24-11-13-30(26(33)16-24)42-17-21-8-7-9-23(34)14-21/h7-16,18-20,29H,5-6,17H2,1-4H3,(H,35,36,37). The van der Waals surface area contributed by atoms with Crippen molar-refractivity contribution in [1.82, 2.24) is 19.3 Å². The molecule has 0 aliphatic carbocycles. The van der Waals surface area contributed by atoms with Crippen molar-refractivity contribution < 1.29 is 17.5 Å². The first-order valence-corrected chi connectivity index (χ1v) is 17.4. The van der Waals surface area contributed by atoms with Gasteiger partial charge in [-0.05, 0) is 84.2 Å². The van der Waals surface area contributed by atoms with Crippen molar-refractivity contribution in [2.45, 2.75) is 52.0 Å². The lowest BCUT2D eigenvalue weighted by atomic mass is 10.1. The molecule has 5 aromatic rings. The zero-order valence-electron chi connectivity index (χ0n) is 24.8. The normalized spacial score (nSPS) is 12.6. The summed E-state index contributed by atoms with van der Waals surface area (Å²) in [5, 5.41) is 6.41. The van der Waals surface area contributed by atoms with E-state index in [1.54, 1.807) is 24.2 Å². The summed E-state index contributed by atoms with van der Waals surface area (Å²) in [7, 11) is -3.44. The molecule has 3 aromatic carbocycles. The van der Waals surface area contributed by atoms with E-state index in [1.807, 2.05) is 61.7 Å². The van der Waals surface area contributed by atoms with E-state index in [0.29, 0.717) is 24.5 Å². The van der Waals surface area contributed by atoms with Crippen LogP contribution in [0.2, 0.25) is 0 Å². The number of benzene rings is 3. The number of ether oxygens (including phenoxy) is 1. The monoisotopic (exact) mass is 697 g/mol. The summed E-state index contributed by atoms with van der Waals surface area (Å²) in [4.78, 5) is 13.8. The lowest BCUT2D eigenvalue weighted by Crippen LogP contribution is -2.39. The van der Waals surface area contributed by atoms with Crippen molar-refractivity contribution >= 4 is 59.7 Å². The molecule has 0 fully saturated rings. The van der Waals surface area contributed by atoms with Gasteiger partial charge in [0.2, 0.25) is 10.0 Å². The molecule has 1 N–H and O–H groups in total. The number of aromatic nitrogens is 3. The molecular weight excluding hydrogens is 665 g/mol. The van der Waals surface area contributed by atoms with Gasteiger partial charge in [-0.25, -0.2) is 27.8 Å². The van der Waals surface area contributed by atoms with E-state index in [1.165, 1.54) is 29.8 Å². The molecule has 8 nitrogen and oxygen atoms in total. The molecule has 0 bridgehead atoms. The van der Waals surface area contributed by atoms with E-state index in [0.717, 1.165) is 42.9 Å². The summed E-state index contributed by atoms with van der Waals surface area (Å²) < 4.78 is 47.8. The number of nitrogens with one attached hydrogen (secondary N) is 1. The Labute approximate surface area is 269 Å². The Balaban J connectivity index is 1.38. The van der Waals surface area contributed by atoms with Crippen LogP contribution in [0.3, 0.4) is 0 Å². The van der Waals surface area contributed by atoms with Gasteiger partial charge in [0.15, 0.2) is 0 Å². The van der Waals surface area contributed by atoms with Crippen LogP contribution in [0, 0.1) is 5.82 Å². The fourth-order valence-electron chi connectivity index (χ4n) is 4.86. The van der Waals surface area contributed by atoms with Crippen LogP contribution in [-0.4, -0.2) is 39.5 Å². The van der Waals surface area contributed by atoms with Crippen molar-refractivity contribution in [2.75, 3.05) is 11.9 Å². The highest BCUT2D eigenvalue weighted by Crippen LogP contribution is 2.35. The van der Waals surface area contributed by atoms with Gasteiger partial charge in [0.25, 0.3) is 0 Å². The molecule has 0 saturated carbocycles. The third-order valence-corrected chi connectivity index (χ3v) is 11.1. The molecule has 0 radical (unpaired) electrons. The minimum atomic E-state index is -3.44. The fourth-order valence-corrected chi connectivity index (χ4v) is 7.95. The summed E-state index contributed by atoms with van der Waals surface area (Å²) in [6.45, 7) is 7.88. The van der Waals surface area contributed by atoms with E-state index in [2.05, 4.69) is 31.2 Å². The van der Waals surface area contributed by atoms with Crippen LogP contribution in [0.15, 0.2) is 76.8 Å². The number of sulfonamides is 1. The first-order chi connectivity index (χ1) is 21.1. The average Bonchev–Trinajstić information content (AvgIpc) is 3.49. The SMILES string of the molecule is CCC(c1nc(-c2ccc3ncnc(Nc4ccc(OCc5cccc(F)c5)c(Br)c4)c3c2)cs1)N(CC)S(=O)(=O)C(C)C. The first-order valence-electron chi connectivity index (χ1n) is 14.3. The molecule has 0 aliphatic rings. The molecule has 0 amide bonds. The highest BCUT2D eigenvalue weighted by molar-refractivity contribution is 9.10. The number of nitrogens with zero attached hydrogens (tertiary/aromatic N) is 4. The molecule has 2 aromatic heterocycles. The molecule has 2 heterocycles. The second-order valence-electron chi connectivity index (χ2n) is 10.4. The van der Waals surface area contributed by atoms with Gasteiger partial charge in [-0.3, -0.25) is 0 Å². The van der Waals surface area contributed by atoms with Gasteiger partial charge in [-0.1, -0.05) is 32.0 Å². The summed E-state index contributed by atoms with van der Waals surface area (Å²) in [5.41, 5.74) is 3.93. The summed E-state index contributed by atoms with van der Waals surface area (Å²) >= 11 is 5.04. The number of halogens is 2. The Morgan fingerprint density at radius 2 is 1.89 bits per heavy atom. The van der Waals surface area contributed by atoms with Gasteiger partial charge in [-0.2, -0.15) is 4.31 Å². The second-order valence-corrected chi connectivity index (χ2v) is 14.6. The summed E-state index contributed by atoms with van der Waals surface area (Å²) in [6.07, 6.45) is 2.13. The van der Waals surface area contributed by atoms with Crippen molar-refractivity contribution in [1.29, 1.82) is 0 Å². The number of anilines is 2. The minimum absolute atomic E-state index is 0.240. The predicted octanol–water partition coefficient (Wildman–Crippen LogP) is 8.49. The van der Waals surface area contributed by atoms with Gasteiger partial charge in [0, 0.05) is 28.6 Å². The Kier molecular flexibility index (Phi) is 9.94. The number of hydrogen-bond acceptors (Lipinski definition) is 8. The predicted molar refractivity (Wildman–Crippen MR) is 178 cm³/mol. The van der Waals surface area contributed by atoms with Gasteiger partial charge in [0.1, 0.15) is 35.3 Å². The maximum absolute atomic E-state index is 13.5. The topological polar surface area (TPSA) is 97.3 Å². The van der Waals surface area contributed by atoms with Crippen LogP contribution in [-0.2, 0) is 16.6 Å². The Hall–Kier alpha value is -3.45. The van der Waals surface area contributed by atoms with Crippen LogP contribution in [0.4, 0.5) is 15.9 Å². The molecule has 0 spiro atoms. The van der Waals surface area contributed by atoms with Gasteiger partial charge >= 0.3 is 0 Å². The van der Waals surface area contributed by atoms with Crippen LogP contribution < -0.4 is 10.1 Å². The van der Waals surface area contributed by atoms with Crippen molar-refractivity contribution in [2.24, 2.45) is 0 Å². The lowest BCUT2D eigenvalue weighted by molar-refractivity contribution is 0.303. The van der Waals surface area contributed by atoms with E-state index in [-0.39, 0.29) is 18.5 Å². The highest BCUT2D eigenvalue weighted by Gasteiger charge is 2.32. The fraction of sp³-hybridized carbons (Fsp3) is 0.281. The maximum atomic E-state index is 13.5. The second kappa shape index (κ2) is 13.7. The number of rotatable bonds is 12. The average molecular weight is 699 g/mol. The van der Waals surface area contributed by atoms with Crippen molar-refractivity contribution in [3.63, 3.8) is 0 Å². The maximum Gasteiger partial charge on any atom is 0.217 e. The van der Waals surface area contributed by atoms with Gasteiger partial charge < -0.3 is 10.1 Å². The van der Waals surface area contributed by atoms with E-state index >= 15 is 0 Å². The van der Waals surface area contributed by atoms with Gasteiger partial charge in [0.05, 0.1) is 27.0 Å². The first kappa shape index (κ1) is 32.0. The summed E-state index contributed by atoms with van der Waals surface area (Å²) in [6, 6.07) is 17.5. The van der Waals surface area contributed by atoms with E-state index in [9.17, 15) is 12.8 Å². The lowest BCUT2D eigenvalue weighted by Gasteiger charge is -2.29. The van der Waals surface area contributed by atoms with Crippen LogP contribution in [0.5, 0.6) is 5.75 Å². The molecular formula is C32H33BrFN5O3S2. The molecule has 0 aliphatic heterocycles. The molecule has 0 saturated heterocycles. The van der Waals surface area contributed by atoms with Gasteiger partial charge in [-0.15, -0.1) is 11.3 Å².